The average Bonchev–Trinajstić information content (AvgIpc) is 2.83. The summed E-state index contributed by atoms with van der Waals surface area (Å²) in [5, 5.41) is 0.688. The van der Waals surface area contributed by atoms with Gasteiger partial charge in [-0.2, -0.15) is 0 Å². The molecule has 0 amide bonds. The lowest BCUT2D eigenvalue weighted by atomic mass is 9.96. The maximum absolute atomic E-state index is 12.1. The molecule has 1 aliphatic carbocycles. The summed E-state index contributed by atoms with van der Waals surface area (Å²) in [7, 11) is 0. The van der Waals surface area contributed by atoms with Crippen LogP contribution in [0.25, 0.3) is 5.69 Å². The van der Waals surface area contributed by atoms with E-state index in [1.54, 1.807) is 10.7 Å². The second-order valence-electron chi connectivity index (χ2n) is 5.11. The minimum atomic E-state index is 0.0212. The van der Waals surface area contributed by atoms with Crippen LogP contribution < -0.4 is 5.56 Å². The van der Waals surface area contributed by atoms with Gasteiger partial charge in [-0.25, -0.2) is 4.68 Å². The number of benzene rings is 1. The third-order valence-corrected chi connectivity index (χ3v) is 4.08. The molecule has 2 aromatic rings. The molecule has 19 heavy (non-hydrogen) atoms. The summed E-state index contributed by atoms with van der Waals surface area (Å²) in [6, 6.07) is 9.51. The van der Waals surface area contributed by atoms with Gasteiger partial charge in [0.15, 0.2) is 0 Å². The molecule has 3 nitrogen and oxygen atoms in total. The van der Waals surface area contributed by atoms with E-state index >= 15 is 0 Å². The minimum Gasteiger partial charge on any atom is -0.282 e. The number of rotatable bonds is 2. The van der Waals surface area contributed by atoms with Gasteiger partial charge in [-0.15, -0.1) is 0 Å². The largest absolute Gasteiger partial charge is 0.282 e. The van der Waals surface area contributed by atoms with Gasteiger partial charge in [0.25, 0.3) is 5.56 Å². The van der Waals surface area contributed by atoms with Crippen molar-refractivity contribution in [2.24, 2.45) is 0 Å². The molecule has 100 valence electrons. The van der Waals surface area contributed by atoms with E-state index < -0.39 is 0 Å². The van der Waals surface area contributed by atoms with Gasteiger partial charge in [-0.1, -0.05) is 30.9 Å². The van der Waals surface area contributed by atoms with Crippen LogP contribution in [0.4, 0.5) is 0 Å². The lowest BCUT2D eigenvalue weighted by Gasteiger charge is -2.25. The highest BCUT2D eigenvalue weighted by molar-refractivity contribution is 6.30. The van der Waals surface area contributed by atoms with E-state index in [0.717, 1.165) is 18.5 Å². The van der Waals surface area contributed by atoms with Crippen molar-refractivity contribution in [1.29, 1.82) is 0 Å². The van der Waals surface area contributed by atoms with Crippen molar-refractivity contribution < 1.29 is 0 Å². The number of nitrogens with zero attached hydrogens (tertiary/aromatic N) is 2. The normalized spacial score (nSPS) is 16.7. The van der Waals surface area contributed by atoms with Crippen LogP contribution in [-0.4, -0.2) is 9.36 Å². The van der Waals surface area contributed by atoms with Crippen LogP contribution >= 0.6 is 11.6 Å². The number of hydrogen-bond acceptors (Lipinski definition) is 1. The van der Waals surface area contributed by atoms with E-state index in [4.69, 9.17) is 11.6 Å². The number of hydrogen-bond donors (Lipinski definition) is 0. The SMILES string of the molecule is O=c1ccn(C2CCCCC2)n1-c1ccc(Cl)cc1. The predicted octanol–water partition coefficient (Wildman–Crippen LogP) is 3.80. The van der Waals surface area contributed by atoms with E-state index in [9.17, 15) is 4.79 Å². The third kappa shape index (κ3) is 2.47. The maximum atomic E-state index is 12.1. The van der Waals surface area contributed by atoms with Crippen molar-refractivity contribution in [3.63, 3.8) is 0 Å². The van der Waals surface area contributed by atoms with Gasteiger partial charge in [0.2, 0.25) is 0 Å². The lowest BCUT2D eigenvalue weighted by Crippen LogP contribution is -2.25. The Kier molecular flexibility index (Phi) is 3.47. The van der Waals surface area contributed by atoms with E-state index in [-0.39, 0.29) is 5.56 Å². The zero-order valence-electron chi connectivity index (χ0n) is 10.8. The van der Waals surface area contributed by atoms with Crippen LogP contribution in [0.5, 0.6) is 0 Å². The molecule has 1 aromatic heterocycles. The van der Waals surface area contributed by atoms with Crippen molar-refractivity contribution in [2.45, 2.75) is 38.1 Å². The molecule has 0 spiro atoms. The van der Waals surface area contributed by atoms with Crippen molar-refractivity contribution in [3.8, 4) is 5.69 Å². The second-order valence-corrected chi connectivity index (χ2v) is 5.55. The van der Waals surface area contributed by atoms with Gasteiger partial charge < -0.3 is 0 Å². The lowest BCUT2D eigenvalue weighted by molar-refractivity contribution is 0.311. The molecule has 0 radical (unpaired) electrons. The monoisotopic (exact) mass is 276 g/mol. The van der Waals surface area contributed by atoms with Crippen molar-refractivity contribution in [2.75, 3.05) is 0 Å². The van der Waals surface area contributed by atoms with Crippen LogP contribution in [0.3, 0.4) is 0 Å². The van der Waals surface area contributed by atoms with Crippen LogP contribution in [0.1, 0.15) is 38.1 Å². The van der Waals surface area contributed by atoms with Crippen LogP contribution in [0, 0.1) is 0 Å². The fourth-order valence-corrected chi connectivity index (χ4v) is 2.99. The topological polar surface area (TPSA) is 26.9 Å². The summed E-state index contributed by atoms with van der Waals surface area (Å²) in [6.07, 6.45) is 8.02. The predicted molar refractivity (Wildman–Crippen MR) is 77.2 cm³/mol. The molecule has 3 rings (SSSR count). The Labute approximate surface area is 117 Å². The number of aromatic nitrogens is 2. The molecule has 0 atom stereocenters. The Hall–Kier alpha value is -1.48. The van der Waals surface area contributed by atoms with Crippen LogP contribution in [0.15, 0.2) is 41.3 Å². The molecular weight excluding hydrogens is 260 g/mol. The minimum absolute atomic E-state index is 0.0212. The fourth-order valence-electron chi connectivity index (χ4n) is 2.86. The first-order chi connectivity index (χ1) is 9.25. The highest BCUT2D eigenvalue weighted by Gasteiger charge is 2.18. The summed E-state index contributed by atoms with van der Waals surface area (Å²) >= 11 is 5.91. The molecular formula is C15H17ClN2O. The Morgan fingerprint density at radius 2 is 1.68 bits per heavy atom. The Morgan fingerprint density at radius 3 is 2.37 bits per heavy atom. The van der Waals surface area contributed by atoms with E-state index in [1.165, 1.54) is 19.3 Å². The Bertz CT molecular complexity index is 606. The summed E-state index contributed by atoms with van der Waals surface area (Å²) in [5.41, 5.74) is 0.901. The maximum Gasteiger partial charge on any atom is 0.271 e. The quantitative estimate of drug-likeness (QED) is 0.820. The molecule has 1 aromatic carbocycles. The molecule has 0 aliphatic heterocycles. The van der Waals surface area contributed by atoms with Gasteiger partial charge in [-0.3, -0.25) is 9.48 Å². The molecule has 1 heterocycles. The van der Waals surface area contributed by atoms with Gasteiger partial charge in [0.05, 0.1) is 11.7 Å². The first-order valence-electron chi connectivity index (χ1n) is 6.82. The van der Waals surface area contributed by atoms with E-state index in [2.05, 4.69) is 4.68 Å². The zero-order chi connectivity index (χ0) is 13.2. The Morgan fingerprint density at radius 1 is 1.00 bits per heavy atom. The van der Waals surface area contributed by atoms with Crippen molar-refractivity contribution in [1.82, 2.24) is 9.36 Å². The van der Waals surface area contributed by atoms with Gasteiger partial charge in [-0.05, 0) is 37.1 Å². The highest BCUT2D eigenvalue weighted by Crippen LogP contribution is 2.28. The summed E-state index contributed by atoms with van der Waals surface area (Å²) in [6.45, 7) is 0. The zero-order valence-corrected chi connectivity index (χ0v) is 11.5. The molecule has 0 saturated heterocycles. The highest BCUT2D eigenvalue weighted by atomic mass is 35.5. The van der Waals surface area contributed by atoms with E-state index in [1.807, 2.05) is 30.5 Å². The number of halogens is 1. The third-order valence-electron chi connectivity index (χ3n) is 3.83. The molecule has 4 heteroatoms. The van der Waals surface area contributed by atoms with Gasteiger partial charge in [0, 0.05) is 17.3 Å². The van der Waals surface area contributed by atoms with Crippen molar-refractivity contribution in [3.05, 3.63) is 51.9 Å². The first kappa shape index (κ1) is 12.5. The van der Waals surface area contributed by atoms with Gasteiger partial charge >= 0.3 is 0 Å². The van der Waals surface area contributed by atoms with Crippen LogP contribution in [-0.2, 0) is 0 Å². The molecule has 0 N–H and O–H groups in total. The second kappa shape index (κ2) is 5.25. The Balaban J connectivity index is 2.02. The van der Waals surface area contributed by atoms with Crippen molar-refractivity contribution >= 4 is 11.6 Å². The van der Waals surface area contributed by atoms with E-state index in [0.29, 0.717) is 11.1 Å². The molecule has 1 aliphatic rings. The van der Waals surface area contributed by atoms with Gasteiger partial charge in [0.1, 0.15) is 0 Å². The summed E-state index contributed by atoms with van der Waals surface area (Å²) in [5.74, 6) is 0. The van der Waals surface area contributed by atoms with Crippen LogP contribution in [0.2, 0.25) is 5.02 Å². The molecule has 1 saturated carbocycles. The average molecular weight is 277 g/mol. The standard InChI is InChI=1S/C15H17ClN2O/c16-12-6-8-14(9-7-12)18-15(19)10-11-17(18)13-4-2-1-3-5-13/h6-11,13H,1-5H2. The summed E-state index contributed by atoms with van der Waals surface area (Å²) in [4.78, 5) is 12.1. The molecule has 0 unspecified atom stereocenters. The first-order valence-corrected chi connectivity index (χ1v) is 7.19. The fraction of sp³-hybridized carbons (Fsp3) is 0.400. The molecule has 1 fully saturated rings. The molecule has 0 bridgehead atoms. The summed E-state index contributed by atoms with van der Waals surface area (Å²) < 4.78 is 3.84. The smallest absolute Gasteiger partial charge is 0.271 e.